The molecule has 0 saturated carbocycles. The highest BCUT2D eigenvalue weighted by atomic mass is 35.5. The van der Waals surface area contributed by atoms with Crippen molar-refractivity contribution in [1.82, 2.24) is 5.32 Å². The first-order valence-electron chi connectivity index (χ1n) is 6.70. The van der Waals surface area contributed by atoms with Crippen molar-refractivity contribution in [3.05, 3.63) is 59.1 Å². The average molecular weight is 304 g/mol. The molecule has 0 saturated heterocycles. The van der Waals surface area contributed by atoms with Gasteiger partial charge < -0.3 is 16.0 Å². The predicted octanol–water partition coefficient (Wildman–Crippen LogP) is 4.26. The molecule has 0 heterocycles. The summed E-state index contributed by atoms with van der Waals surface area (Å²) in [5.74, 6) is 0. The molecule has 2 rings (SSSR count). The molecule has 0 spiro atoms. The summed E-state index contributed by atoms with van der Waals surface area (Å²) in [5, 5.41) is 9.35. The van der Waals surface area contributed by atoms with Crippen molar-refractivity contribution >= 4 is 29.0 Å². The number of amides is 2. The maximum atomic E-state index is 11.2. The molecule has 1 atom stereocenters. The summed E-state index contributed by atoms with van der Waals surface area (Å²) in [5.41, 5.74) is 2.75. The summed E-state index contributed by atoms with van der Waals surface area (Å²) in [7, 11) is 1.58. The fraction of sp³-hybridized carbons (Fsp3) is 0.188. The molecule has 3 N–H and O–H groups in total. The standard InChI is InChI=1S/C16H18ClN3O/c1-11(14-5-3-4-6-15(14)17)19-12-7-9-13(10-8-12)20-16(21)18-2/h3-11,19H,1-2H3,(H2,18,20,21). The molecule has 0 radical (unpaired) electrons. The van der Waals surface area contributed by atoms with Crippen LogP contribution in [0.3, 0.4) is 0 Å². The molecule has 0 aliphatic carbocycles. The van der Waals surface area contributed by atoms with Crippen LogP contribution >= 0.6 is 11.6 Å². The zero-order valence-corrected chi connectivity index (χ0v) is 12.7. The second kappa shape index (κ2) is 6.99. The minimum absolute atomic E-state index is 0.0939. The molecule has 2 amide bonds. The Morgan fingerprint density at radius 2 is 1.67 bits per heavy atom. The third-order valence-corrected chi connectivity index (χ3v) is 3.47. The third-order valence-electron chi connectivity index (χ3n) is 3.12. The van der Waals surface area contributed by atoms with Crippen LogP contribution in [0.15, 0.2) is 48.5 Å². The van der Waals surface area contributed by atoms with Gasteiger partial charge in [-0.05, 0) is 42.8 Å². The van der Waals surface area contributed by atoms with Crippen molar-refractivity contribution in [3.8, 4) is 0 Å². The van der Waals surface area contributed by atoms with E-state index in [1.54, 1.807) is 7.05 Å². The first-order chi connectivity index (χ1) is 10.1. The summed E-state index contributed by atoms with van der Waals surface area (Å²) in [6, 6.07) is 15.1. The van der Waals surface area contributed by atoms with Crippen molar-refractivity contribution in [3.63, 3.8) is 0 Å². The molecular formula is C16H18ClN3O. The maximum absolute atomic E-state index is 11.2. The van der Waals surface area contributed by atoms with Crippen LogP contribution in [0.25, 0.3) is 0 Å². The highest BCUT2D eigenvalue weighted by Crippen LogP contribution is 2.26. The lowest BCUT2D eigenvalue weighted by Crippen LogP contribution is -2.24. The topological polar surface area (TPSA) is 53.2 Å². The van der Waals surface area contributed by atoms with E-state index in [2.05, 4.69) is 22.9 Å². The van der Waals surface area contributed by atoms with Gasteiger partial charge >= 0.3 is 6.03 Å². The highest BCUT2D eigenvalue weighted by molar-refractivity contribution is 6.31. The van der Waals surface area contributed by atoms with Crippen LogP contribution in [0.1, 0.15) is 18.5 Å². The number of hydrogen-bond donors (Lipinski definition) is 3. The molecule has 0 aliphatic rings. The second-order valence-electron chi connectivity index (χ2n) is 4.67. The van der Waals surface area contributed by atoms with Crippen LogP contribution in [-0.4, -0.2) is 13.1 Å². The van der Waals surface area contributed by atoms with Crippen molar-refractivity contribution in [2.75, 3.05) is 17.7 Å². The van der Waals surface area contributed by atoms with Crippen LogP contribution in [0.5, 0.6) is 0 Å². The van der Waals surface area contributed by atoms with E-state index in [1.807, 2.05) is 48.5 Å². The Balaban J connectivity index is 2.03. The van der Waals surface area contributed by atoms with Crippen LogP contribution in [0.2, 0.25) is 5.02 Å². The van der Waals surface area contributed by atoms with E-state index < -0.39 is 0 Å². The van der Waals surface area contributed by atoms with Gasteiger partial charge in [-0.2, -0.15) is 0 Å². The zero-order valence-electron chi connectivity index (χ0n) is 12.0. The number of carbonyl (C=O) groups excluding carboxylic acids is 1. The van der Waals surface area contributed by atoms with Crippen LogP contribution in [0.4, 0.5) is 16.2 Å². The van der Waals surface area contributed by atoms with Gasteiger partial charge in [0.05, 0.1) is 0 Å². The normalized spacial score (nSPS) is 11.6. The number of nitrogens with one attached hydrogen (secondary N) is 3. The number of urea groups is 1. The highest BCUT2D eigenvalue weighted by Gasteiger charge is 2.08. The van der Waals surface area contributed by atoms with Gasteiger partial charge in [-0.3, -0.25) is 0 Å². The average Bonchev–Trinajstić information content (AvgIpc) is 2.49. The van der Waals surface area contributed by atoms with E-state index in [0.29, 0.717) is 0 Å². The third kappa shape index (κ3) is 4.13. The fourth-order valence-electron chi connectivity index (χ4n) is 2.00. The molecular weight excluding hydrogens is 286 g/mol. The van der Waals surface area contributed by atoms with Crippen molar-refractivity contribution in [1.29, 1.82) is 0 Å². The van der Waals surface area contributed by atoms with E-state index in [-0.39, 0.29) is 12.1 Å². The van der Waals surface area contributed by atoms with Crippen LogP contribution in [-0.2, 0) is 0 Å². The molecule has 110 valence electrons. The number of halogens is 1. The Hall–Kier alpha value is -2.20. The molecule has 4 nitrogen and oxygen atoms in total. The summed E-state index contributed by atoms with van der Waals surface area (Å²) in [4.78, 5) is 11.2. The van der Waals surface area contributed by atoms with Crippen molar-refractivity contribution < 1.29 is 4.79 Å². The summed E-state index contributed by atoms with van der Waals surface area (Å²) in [6.07, 6.45) is 0. The van der Waals surface area contributed by atoms with Gasteiger partial charge in [-0.25, -0.2) is 4.79 Å². The molecule has 2 aromatic rings. The predicted molar refractivity (Wildman–Crippen MR) is 88.0 cm³/mol. The molecule has 0 aromatic heterocycles. The Morgan fingerprint density at radius 3 is 2.29 bits per heavy atom. The van der Waals surface area contributed by atoms with Gasteiger partial charge in [0.15, 0.2) is 0 Å². The van der Waals surface area contributed by atoms with Gasteiger partial charge in [0.25, 0.3) is 0 Å². The fourth-order valence-corrected chi connectivity index (χ4v) is 2.30. The molecule has 2 aromatic carbocycles. The lowest BCUT2D eigenvalue weighted by Gasteiger charge is -2.17. The first-order valence-corrected chi connectivity index (χ1v) is 7.07. The Labute approximate surface area is 129 Å². The summed E-state index contributed by atoms with van der Waals surface area (Å²) < 4.78 is 0. The monoisotopic (exact) mass is 303 g/mol. The molecule has 21 heavy (non-hydrogen) atoms. The minimum Gasteiger partial charge on any atom is -0.378 e. The van der Waals surface area contributed by atoms with E-state index in [0.717, 1.165) is 22.0 Å². The largest absolute Gasteiger partial charge is 0.378 e. The first kappa shape index (κ1) is 15.2. The molecule has 0 aliphatic heterocycles. The lowest BCUT2D eigenvalue weighted by atomic mass is 10.1. The van der Waals surface area contributed by atoms with E-state index in [1.165, 1.54) is 0 Å². The summed E-state index contributed by atoms with van der Waals surface area (Å²) >= 11 is 6.19. The van der Waals surface area contributed by atoms with Gasteiger partial charge in [0.2, 0.25) is 0 Å². The Morgan fingerprint density at radius 1 is 1.05 bits per heavy atom. The van der Waals surface area contributed by atoms with E-state index in [4.69, 9.17) is 11.6 Å². The molecule has 0 fully saturated rings. The maximum Gasteiger partial charge on any atom is 0.318 e. The quantitative estimate of drug-likeness (QED) is 0.790. The second-order valence-corrected chi connectivity index (χ2v) is 5.08. The van der Waals surface area contributed by atoms with Crippen LogP contribution < -0.4 is 16.0 Å². The molecule has 5 heteroatoms. The van der Waals surface area contributed by atoms with Crippen LogP contribution in [0, 0.1) is 0 Å². The Bertz CT molecular complexity index is 613. The van der Waals surface area contributed by atoms with Gasteiger partial charge in [0.1, 0.15) is 0 Å². The summed E-state index contributed by atoms with van der Waals surface area (Å²) in [6.45, 7) is 2.05. The SMILES string of the molecule is CNC(=O)Nc1ccc(NC(C)c2ccccc2Cl)cc1. The van der Waals surface area contributed by atoms with Gasteiger partial charge in [-0.1, -0.05) is 29.8 Å². The van der Waals surface area contributed by atoms with Crippen molar-refractivity contribution in [2.45, 2.75) is 13.0 Å². The van der Waals surface area contributed by atoms with Gasteiger partial charge in [-0.15, -0.1) is 0 Å². The smallest absolute Gasteiger partial charge is 0.318 e. The Kier molecular flexibility index (Phi) is 5.06. The number of rotatable bonds is 4. The van der Waals surface area contributed by atoms with Crippen molar-refractivity contribution in [2.24, 2.45) is 0 Å². The minimum atomic E-state index is -0.236. The number of anilines is 2. The number of benzene rings is 2. The zero-order chi connectivity index (χ0) is 15.2. The van der Waals surface area contributed by atoms with E-state index >= 15 is 0 Å². The van der Waals surface area contributed by atoms with E-state index in [9.17, 15) is 4.79 Å². The molecule has 1 unspecified atom stereocenters. The number of hydrogen-bond acceptors (Lipinski definition) is 2. The van der Waals surface area contributed by atoms with Gasteiger partial charge in [0, 0.05) is 29.5 Å². The number of carbonyl (C=O) groups is 1. The molecule has 0 bridgehead atoms. The lowest BCUT2D eigenvalue weighted by molar-refractivity contribution is 0.254.